The molecule has 1 aliphatic carbocycles. The Morgan fingerprint density at radius 2 is 1.56 bits per heavy atom. The normalized spacial score (nSPS) is 17.9. The maximum atomic E-state index is 12.1. The Labute approximate surface area is 150 Å². The van der Waals surface area contributed by atoms with Gasteiger partial charge in [-0.1, -0.05) is 64.1 Å². The minimum Gasteiger partial charge on any atom is -0.431 e. The molecule has 0 bridgehead atoms. The average Bonchev–Trinajstić information content (AvgIpc) is 2.77. The first-order valence-corrected chi connectivity index (χ1v) is 8.79. The number of carbonyl (C=O) groups is 1. The maximum absolute atomic E-state index is 12.1. The molecule has 0 amide bonds. The summed E-state index contributed by atoms with van der Waals surface area (Å²) in [5, 5.41) is 0. The Bertz CT molecular complexity index is 826. The lowest BCUT2D eigenvalue weighted by Gasteiger charge is -2.22. The van der Waals surface area contributed by atoms with E-state index in [2.05, 4.69) is 45.9 Å². The second kappa shape index (κ2) is 6.18. The third-order valence-corrected chi connectivity index (χ3v) is 5.17. The van der Waals surface area contributed by atoms with E-state index in [0.29, 0.717) is 5.56 Å². The van der Waals surface area contributed by atoms with Crippen molar-refractivity contribution in [2.45, 2.75) is 51.9 Å². The molecule has 2 aromatic carbocycles. The van der Waals surface area contributed by atoms with Crippen molar-refractivity contribution in [3.63, 3.8) is 0 Å². The fourth-order valence-electron chi connectivity index (χ4n) is 4.09. The second-order valence-corrected chi connectivity index (χ2v) is 8.28. The van der Waals surface area contributed by atoms with Crippen LogP contribution in [-0.2, 0) is 15.6 Å². The summed E-state index contributed by atoms with van der Waals surface area (Å²) in [6.07, 6.45) is 2.70. The van der Waals surface area contributed by atoms with Crippen molar-refractivity contribution in [1.29, 1.82) is 0 Å². The monoisotopic (exact) mass is 334 g/mol. The molecule has 0 fully saturated rings. The van der Waals surface area contributed by atoms with Gasteiger partial charge in [0.25, 0.3) is 0 Å². The number of ether oxygens (including phenoxy) is 1. The van der Waals surface area contributed by atoms with Crippen molar-refractivity contribution >= 4 is 11.5 Å². The molecule has 0 aromatic heterocycles. The summed E-state index contributed by atoms with van der Waals surface area (Å²) >= 11 is 0. The molecule has 0 saturated carbocycles. The quantitative estimate of drug-likeness (QED) is 0.519. The zero-order valence-corrected chi connectivity index (χ0v) is 15.7. The van der Waals surface area contributed by atoms with E-state index in [0.717, 1.165) is 17.6 Å². The highest BCUT2D eigenvalue weighted by molar-refractivity contribution is 5.90. The number of hydrogen-bond donors (Lipinski definition) is 0. The van der Waals surface area contributed by atoms with Crippen LogP contribution in [0.1, 0.15) is 68.1 Å². The Hall–Kier alpha value is -2.35. The van der Waals surface area contributed by atoms with Crippen LogP contribution >= 0.6 is 0 Å². The molecule has 0 radical (unpaired) electrons. The van der Waals surface area contributed by atoms with Gasteiger partial charge in [0.2, 0.25) is 0 Å². The van der Waals surface area contributed by atoms with Crippen LogP contribution in [-0.4, -0.2) is 5.97 Å². The second-order valence-electron chi connectivity index (χ2n) is 8.28. The molecule has 0 aliphatic heterocycles. The van der Waals surface area contributed by atoms with Crippen molar-refractivity contribution in [3.05, 3.63) is 77.0 Å². The van der Waals surface area contributed by atoms with Gasteiger partial charge >= 0.3 is 5.97 Å². The van der Waals surface area contributed by atoms with Crippen LogP contribution in [0.5, 0.6) is 0 Å². The standard InChI is InChI=1S/C23H26O2/c1-16(14-25-21(24)17-9-7-6-8-10-17)18-11-12-19-20(13-18)23(4,5)15-22(19,2)3/h6-14H,15H2,1-5H3. The Morgan fingerprint density at radius 3 is 2.24 bits per heavy atom. The minimum absolute atomic E-state index is 0.163. The van der Waals surface area contributed by atoms with Gasteiger partial charge in [0, 0.05) is 0 Å². The van der Waals surface area contributed by atoms with E-state index >= 15 is 0 Å². The zero-order chi connectivity index (χ0) is 18.2. The summed E-state index contributed by atoms with van der Waals surface area (Å²) in [6, 6.07) is 15.7. The number of benzene rings is 2. The van der Waals surface area contributed by atoms with Gasteiger partial charge in [-0.05, 0) is 58.6 Å². The molecule has 130 valence electrons. The molecule has 0 saturated heterocycles. The highest BCUT2D eigenvalue weighted by atomic mass is 16.5. The summed E-state index contributed by atoms with van der Waals surface area (Å²) in [5.74, 6) is -0.331. The van der Waals surface area contributed by atoms with Crippen LogP contribution in [0, 0.1) is 0 Å². The van der Waals surface area contributed by atoms with Gasteiger partial charge in [0.1, 0.15) is 0 Å². The molecular formula is C23H26O2. The average molecular weight is 334 g/mol. The summed E-state index contributed by atoms with van der Waals surface area (Å²) in [5.41, 5.74) is 5.80. The highest BCUT2D eigenvalue weighted by Crippen LogP contribution is 2.49. The Morgan fingerprint density at radius 1 is 0.920 bits per heavy atom. The first-order valence-electron chi connectivity index (χ1n) is 8.79. The smallest absolute Gasteiger partial charge is 0.342 e. The minimum atomic E-state index is -0.331. The predicted octanol–water partition coefficient (Wildman–Crippen LogP) is 5.86. The van der Waals surface area contributed by atoms with Crippen LogP contribution in [0.25, 0.3) is 5.57 Å². The fourth-order valence-corrected chi connectivity index (χ4v) is 4.09. The van der Waals surface area contributed by atoms with E-state index in [1.807, 2.05) is 25.1 Å². The number of carbonyl (C=O) groups excluding carboxylic acids is 1. The number of fused-ring (bicyclic) bond motifs is 1. The molecule has 0 N–H and O–H groups in total. The molecule has 0 spiro atoms. The summed E-state index contributed by atoms with van der Waals surface area (Å²) in [4.78, 5) is 12.1. The van der Waals surface area contributed by atoms with Crippen LogP contribution in [0.4, 0.5) is 0 Å². The molecule has 3 rings (SSSR count). The fraction of sp³-hybridized carbons (Fsp3) is 0.348. The van der Waals surface area contributed by atoms with E-state index in [1.54, 1.807) is 18.4 Å². The van der Waals surface area contributed by atoms with E-state index < -0.39 is 0 Å². The Balaban J connectivity index is 1.84. The van der Waals surface area contributed by atoms with Crippen LogP contribution < -0.4 is 0 Å². The lowest BCUT2D eigenvalue weighted by atomic mass is 9.82. The molecule has 2 aromatic rings. The van der Waals surface area contributed by atoms with E-state index in [1.165, 1.54) is 11.1 Å². The van der Waals surface area contributed by atoms with Crippen molar-refractivity contribution in [2.24, 2.45) is 0 Å². The SMILES string of the molecule is CC(=COC(=O)c1ccccc1)c1ccc2c(c1)C(C)(C)CC2(C)C. The highest BCUT2D eigenvalue weighted by Gasteiger charge is 2.41. The lowest BCUT2D eigenvalue weighted by molar-refractivity contribution is 0.0664. The number of hydrogen-bond acceptors (Lipinski definition) is 2. The molecule has 25 heavy (non-hydrogen) atoms. The van der Waals surface area contributed by atoms with E-state index in [-0.39, 0.29) is 16.8 Å². The molecule has 2 heteroatoms. The van der Waals surface area contributed by atoms with Crippen molar-refractivity contribution < 1.29 is 9.53 Å². The Kier molecular flexibility index (Phi) is 4.32. The molecule has 0 unspecified atom stereocenters. The topological polar surface area (TPSA) is 26.3 Å². The van der Waals surface area contributed by atoms with Gasteiger partial charge in [-0.2, -0.15) is 0 Å². The van der Waals surface area contributed by atoms with Gasteiger partial charge in [0.15, 0.2) is 0 Å². The van der Waals surface area contributed by atoms with Gasteiger partial charge < -0.3 is 4.74 Å². The van der Waals surface area contributed by atoms with Crippen LogP contribution in [0.2, 0.25) is 0 Å². The lowest BCUT2D eigenvalue weighted by Crippen LogP contribution is -2.17. The van der Waals surface area contributed by atoms with E-state index in [4.69, 9.17) is 4.74 Å². The molecule has 0 atom stereocenters. The van der Waals surface area contributed by atoms with Crippen molar-refractivity contribution in [3.8, 4) is 0 Å². The third-order valence-electron chi connectivity index (χ3n) is 5.17. The number of rotatable bonds is 3. The molecular weight excluding hydrogens is 308 g/mol. The van der Waals surface area contributed by atoms with Gasteiger partial charge in [0.05, 0.1) is 11.8 Å². The maximum Gasteiger partial charge on any atom is 0.342 e. The van der Waals surface area contributed by atoms with E-state index in [9.17, 15) is 4.79 Å². The van der Waals surface area contributed by atoms with Gasteiger partial charge in [-0.3, -0.25) is 0 Å². The first kappa shape index (κ1) is 17.5. The molecule has 2 nitrogen and oxygen atoms in total. The number of allylic oxidation sites excluding steroid dienone is 1. The number of esters is 1. The van der Waals surface area contributed by atoms with Crippen molar-refractivity contribution in [2.75, 3.05) is 0 Å². The van der Waals surface area contributed by atoms with Gasteiger partial charge in [-0.25, -0.2) is 4.79 Å². The predicted molar refractivity (Wildman–Crippen MR) is 103 cm³/mol. The van der Waals surface area contributed by atoms with Crippen LogP contribution in [0.15, 0.2) is 54.8 Å². The summed E-state index contributed by atoms with van der Waals surface area (Å²) < 4.78 is 5.36. The molecule has 1 aliphatic rings. The van der Waals surface area contributed by atoms with Crippen LogP contribution in [0.3, 0.4) is 0 Å². The summed E-state index contributed by atoms with van der Waals surface area (Å²) in [7, 11) is 0. The largest absolute Gasteiger partial charge is 0.431 e. The zero-order valence-electron chi connectivity index (χ0n) is 15.7. The summed E-state index contributed by atoms with van der Waals surface area (Å²) in [6.45, 7) is 11.2. The van der Waals surface area contributed by atoms with Gasteiger partial charge in [-0.15, -0.1) is 0 Å². The first-order chi connectivity index (χ1) is 11.7. The molecule has 0 heterocycles. The third kappa shape index (κ3) is 3.39. The van der Waals surface area contributed by atoms with Crippen molar-refractivity contribution in [1.82, 2.24) is 0 Å².